The Morgan fingerprint density at radius 3 is 2.83 bits per heavy atom. The van der Waals surface area contributed by atoms with Crippen LogP contribution < -0.4 is 11.3 Å². The van der Waals surface area contributed by atoms with Crippen LogP contribution in [0.4, 0.5) is 0 Å². The summed E-state index contributed by atoms with van der Waals surface area (Å²) >= 11 is 0. The smallest absolute Gasteiger partial charge is 0.106 e. The Morgan fingerprint density at radius 1 is 1.58 bits per heavy atom. The minimum absolute atomic E-state index is 0.190. The molecule has 0 saturated heterocycles. The van der Waals surface area contributed by atoms with Gasteiger partial charge in [-0.2, -0.15) is 0 Å². The Kier molecular flexibility index (Phi) is 2.87. The number of hydrogen-bond donors (Lipinski definition) is 2. The number of benzene rings is 1. The van der Waals surface area contributed by atoms with Gasteiger partial charge in [-0.15, -0.1) is 6.42 Å². The molecule has 1 aromatic carbocycles. The van der Waals surface area contributed by atoms with E-state index in [-0.39, 0.29) is 6.04 Å². The Bertz CT molecular complexity index is 299. The van der Waals surface area contributed by atoms with E-state index in [9.17, 15) is 0 Å². The Labute approximate surface area is 72.8 Å². The number of nitrogens with two attached hydrogens (primary N) is 1. The van der Waals surface area contributed by atoms with Crippen LogP contribution in [-0.2, 0) is 0 Å². The van der Waals surface area contributed by atoms with Crippen LogP contribution in [0.1, 0.15) is 17.2 Å². The monoisotopic (exact) mass is 160 g/mol. The average Bonchev–Trinajstić information content (AvgIpc) is 2.07. The van der Waals surface area contributed by atoms with Gasteiger partial charge in [-0.1, -0.05) is 35.7 Å². The van der Waals surface area contributed by atoms with Crippen molar-refractivity contribution in [1.82, 2.24) is 5.43 Å². The van der Waals surface area contributed by atoms with Gasteiger partial charge in [0.2, 0.25) is 0 Å². The molecule has 2 heteroatoms. The summed E-state index contributed by atoms with van der Waals surface area (Å²) in [4.78, 5) is 0. The van der Waals surface area contributed by atoms with Crippen molar-refractivity contribution in [3.8, 4) is 12.3 Å². The molecule has 3 N–H and O–H groups in total. The summed E-state index contributed by atoms with van der Waals surface area (Å²) in [6.07, 6.45) is 5.27. The molecule has 0 aromatic heterocycles. The topological polar surface area (TPSA) is 38.0 Å². The molecule has 1 rings (SSSR count). The lowest BCUT2D eigenvalue weighted by Gasteiger charge is -2.09. The van der Waals surface area contributed by atoms with E-state index in [1.807, 2.05) is 31.2 Å². The van der Waals surface area contributed by atoms with Crippen molar-refractivity contribution in [2.75, 3.05) is 0 Å². The largest absolute Gasteiger partial charge is 0.270 e. The summed E-state index contributed by atoms with van der Waals surface area (Å²) in [5.41, 5.74) is 4.77. The SMILES string of the molecule is C#CC(NN)c1cccc(C)c1. The summed E-state index contributed by atoms with van der Waals surface area (Å²) < 4.78 is 0. The van der Waals surface area contributed by atoms with E-state index in [2.05, 4.69) is 11.3 Å². The fraction of sp³-hybridized carbons (Fsp3) is 0.200. The van der Waals surface area contributed by atoms with Gasteiger partial charge in [0.15, 0.2) is 0 Å². The number of aryl methyl sites for hydroxylation is 1. The predicted octanol–water partition coefficient (Wildman–Crippen LogP) is 1.13. The van der Waals surface area contributed by atoms with E-state index in [1.54, 1.807) is 0 Å². The molecule has 0 aliphatic heterocycles. The molecule has 0 fully saturated rings. The van der Waals surface area contributed by atoms with E-state index < -0.39 is 0 Å². The molecule has 0 amide bonds. The highest BCUT2D eigenvalue weighted by molar-refractivity contribution is 5.29. The fourth-order valence-electron chi connectivity index (χ4n) is 1.09. The van der Waals surface area contributed by atoms with Crippen molar-refractivity contribution < 1.29 is 0 Å². The van der Waals surface area contributed by atoms with Crippen molar-refractivity contribution in [2.45, 2.75) is 13.0 Å². The fourth-order valence-corrected chi connectivity index (χ4v) is 1.09. The third-order valence-electron chi connectivity index (χ3n) is 1.71. The van der Waals surface area contributed by atoms with Gasteiger partial charge < -0.3 is 0 Å². The number of rotatable bonds is 2. The number of hydrazine groups is 1. The molecule has 0 radical (unpaired) electrons. The lowest BCUT2D eigenvalue weighted by atomic mass is 10.1. The first kappa shape index (κ1) is 8.79. The Balaban J connectivity index is 2.95. The van der Waals surface area contributed by atoms with Crippen LogP contribution in [0.3, 0.4) is 0 Å². The summed E-state index contributed by atoms with van der Waals surface area (Å²) in [5, 5.41) is 0. The van der Waals surface area contributed by atoms with Gasteiger partial charge in [-0.25, -0.2) is 5.43 Å². The molecule has 0 spiro atoms. The van der Waals surface area contributed by atoms with Crippen molar-refractivity contribution in [3.05, 3.63) is 35.4 Å². The highest BCUT2D eigenvalue weighted by Crippen LogP contribution is 2.11. The van der Waals surface area contributed by atoms with Gasteiger partial charge in [0.25, 0.3) is 0 Å². The molecular formula is C10H12N2. The van der Waals surface area contributed by atoms with Crippen LogP contribution in [-0.4, -0.2) is 0 Å². The molecule has 0 saturated carbocycles. The van der Waals surface area contributed by atoms with Crippen LogP contribution in [0.15, 0.2) is 24.3 Å². The van der Waals surface area contributed by atoms with Crippen LogP contribution in [0.2, 0.25) is 0 Å². The quantitative estimate of drug-likeness (QED) is 0.386. The standard InChI is InChI=1S/C10H12N2/c1-3-10(12-11)9-6-4-5-8(2)7-9/h1,4-7,10,12H,11H2,2H3. The van der Waals surface area contributed by atoms with Crippen molar-refractivity contribution in [1.29, 1.82) is 0 Å². The lowest BCUT2D eigenvalue weighted by Crippen LogP contribution is -2.26. The summed E-state index contributed by atoms with van der Waals surface area (Å²) in [6.45, 7) is 2.02. The summed E-state index contributed by atoms with van der Waals surface area (Å²) in [5.74, 6) is 7.83. The van der Waals surface area contributed by atoms with E-state index in [1.165, 1.54) is 5.56 Å². The van der Waals surface area contributed by atoms with Crippen LogP contribution in [0, 0.1) is 19.3 Å². The number of nitrogens with one attached hydrogen (secondary N) is 1. The van der Waals surface area contributed by atoms with Gasteiger partial charge >= 0.3 is 0 Å². The molecule has 1 aromatic rings. The van der Waals surface area contributed by atoms with Crippen LogP contribution in [0.5, 0.6) is 0 Å². The second kappa shape index (κ2) is 3.91. The molecule has 1 unspecified atom stereocenters. The zero-order valence-electron chi connectivity index (χ0n) is 7.04. The minimum atomic E-state index is -0.190. The molecule has 0 heterocycles. The molecule has 1 atom stereocenters. The number of hydrogen-bond acceptors (Lipinski definition) is 2. The van der Waals surface area contributed by atoms with Crippen molar-refractivity contribution in [3.63, 3.8) is 0 Å². The first-order valence-electron chi connectivity index (χ1n) is 3.76. The number of terminal acetylenes is 1. The van der Waals surface area contributed by atoms with Crippen molar-refractivity contribution >= 4 is 0 Å². The Morgan fingerprint density at radius 2 is 2.33 bits per heavy atom. The van der Waals surface area contributed by atoms with Gasteiger partial charge in [-0.05, 0) is 12.5 Å². The summed E-state index contributed by atoms with van der Waals surface area (Å²) in [7, 11) is 0. The van der Waals surface area contributed by atoms with E-state index in [0.717, 1.165) is 5.56 Å². The zero-order chi connectivity index (χ0) is 8.97. The van der Waals surface area contributed by atoms with E-state index in [0.29, 0.717) is 0 Å². The third kappa shape index (κ3) is 1.85. The lowest BCUT2D eigenvalue weighted by molar-refractivity contribution is 0.673. The molecule has 12 heavy (non-hydrogen) atoms. The van der Waals surface area contributed by atoms with E-state index in [4.69, 9.17) is 12.3 Å². The maximum Gasteiger partial charge on any atom is 0.106 e. The molecule has 2 nitrogen and oxygen atoms in total. The summed E-state index contributed by atoms with van der Waals surface area (Å²) in [6, 6.07) is 7.77. The molecular weight excluding hydrogens is 148 g/mol. The Hall–Kier alpha value is -1.30. The second-order valence-corrected chi connectivity index (χ2v) is 2.68. The maximum absolute atomic E-state index is 5.27. The highest BCUT2D eigenvalue weighted by atomic mass is 15.2. The van der Waals surface area contributed by atoms with Gasteiger partial charge in [-0.3, -0.25) is 5.84 Å². The average molecular weight is 160 g/mol. The maximum atomic E-state index is 5.27. The molecule has 0 aliphatic carbocycles. The van der Waals surface area contributed by atoms with Gasteiger partial charge in [0, 0.05) is 0 Å². The van der Waals surface area contributed by atoms with E-state index >= 15 is 0 Å². The zero-order valence-corrected chi connectivity index (χ0v) is 7.04. The first-order chi connectivity index (χ1) is 5.77. The van der Waals surface area contributed by atoms with Gasteiger partial charge in [0.1, 0.15) is 6.04 Å². The van der Waals surface area contributed by atoms with Gasteiger partial charge in [0.05, 0.1) is 0 Å². The normalized spacial score (nSPS) is 12.1. The molecule has 0 aliphatic rings. The highest BCUT2D eigenvalue weighted by Gasteiger charge is 2.03. The van der Waals surface area contributed by atoms with Crippen molar-refractivity contribution in [2.24, 2.45) is 5.84 Å². The minimum Gasteiger partial charge on any atom is -0.270 e. The molecule has 62 valence electrons. The predicted molar refractivity (Wildman–Crippen MR) is 50.1 cm³/mol. The molecule has 0 bridgehead atoms. The third-order valence-corrected chi connectivity index (χ3v) is 1.71. The first-order valence-corrected chi connectivity index (χ1v) is 3.76. The van der Waals surface area contributed by atoms with Crippen LogP contribution >= 0.6 is 0 Å². The second-order valence-electron chi connectivity index (χ2n) is 2.68. The van der Waals surface area contributed by atoms with Crippen LogP contribution in [0.25, 0.3) is 0 Å².